The summed E-state index contributed by atoms with van der Waals surface area (Å²) in [7, 11) is 0.0400. The van der Waals surface area contributed by atoms with Crippen LogP contribution in [0.15, 0.2) is 0 Å². The van der Waals surface area contributed by atoms with E-state index in [4.69, 9.17) is 9.31 Å². The van der Waals surface area contributed by atoms with Gasteiger partial charge in [-0.25, -0.2) is 0 Å². The highest BCUT2D eigenvalue weighted by atomic mass is 16.6. The number of hydrogen-bond acceptors (Lipinski definition) is 2. The van der Waals surface area contributed by atoms with Crippen molar-refractivity contribution in [3.05, 3.63) is 0 Å². The molecular formula is C15H33BO2. The maximum atomic E-state index is 5.81. The van der Waals surface area contributed by atoms with Crippen LogP contribution in [-0.4, -0.2) is 20.3 Å². The van der Waals surface area contributed by atoms with Crippen molar-refractivity contribution in [2.75, 3.05) is 13.2 Å². The molecule has 0 bridgehead atoms. The lowest BCUT2D eigenvalue weighted by molar-refractivity contribution is 0.189. The number of unbranched alkanes of at least 4 members (excludes halogenated alkanes) is 6. The zero-order valence-electron chi connectivity index (χ0n) is 12.9. The summed E-state index contributed by atoms with van der Waals surface area (Å²) in [6.45, 7) is 8.38. The van der Waals surface area contributed by atoms with E-state index in [1.807, 2.05) is 0 Å². The van der Waals surface area contributed by atoms with Gasteiger partial charge in [-0.1, -0.05) is 65.7 Å². The van der Waals surface area contributed by atoms with Crippen molar-refractivity contribution in [2.24, 2.45) is 0 Å². The quantitative estimate of drug-likeness (QED) is 0.319. The molecule has 0 atom stereocenters. The van der Waals surface area contributed by atoms with Crippen LogP contribution in [0.1, 0.15) is 78.6 Å². The fraction of sp³-hybridized carbons (Fsp3) is 1.00. The van der Waals surface area contributed by atoms with Crippen molar-refractivity contribution in [1.82, 2.24) is 0 Å². The maximum absolute atomic E-state index is 5.81. The van der Waals surface area contributed by atoms with E-state index < -0.39 is 0 Å². The van der Waals surface area contributed by atoms with Crippen molar-refractivity contribution in [2.45, 2.75) is 84.9 Å². The first-order valence-electron chi connectivity index (χ1n) is 8.08. The lowest BCUT2D eigenvalue weighted by Crippen LogP contribution is -2.23. The molecule has 18 heavy (non-hydrogen) atoms. The van der Waals surface area contributed by atoms with Gasteiger partial charge in [0.15, 0.2) is 0 Å². The average Bonchev–Trinajstić information content (AvgIpc) is 2.38. The van der Waals surface area contributed by atoms with Crippen molar-refractivity contribution in [3.63, 3.8) is 0 Å². The van der Waals surface area contributed by atoms with Crippen LogP contribution in [0.4, 0.5) is 0 Å². The van der Waals surface area contributed by atoms with Crippen LogP contribution in [0, 0.1) is 0 Å². The second kappa shape index (κ2) is 15.0. The highest BCUT2D eigenvalue weighted by molar-refractivity contribution is 6.44. The molecule has 108 valence electrons. The molecule has 2 nitrogen and oxygen atoms in total. The molecule has 0 heterocycles. The molecule has 0 saturated carbocycles. The van der Waals surface area contributed by atoms with E-state index in [0.29, 0.717) is 0 Å². The Bertz CT molecular complexity index is 139. The Kier molecular flexibility index (Phi) is 15.0. The van der Waals surface area contributed by atoms with Crippen molar-refractivity contribution in [3.8, 4) is 0 Å². The van der Waals surface area contributed by atoms with Crippen LogP contribution in [-0.2, 0) is 9.31 Å². The van der Waals surface area contributed by atoms with Crippen molar-refractivity contribution in [1.29, 1.82) is 0 Å². The SMILES string of the molecule is CCCCCCOB(CCC)OCCCCCC. The average molecular weight is 256 g/mol. The minimum Gasteiger partial charge on any atom is -0.411 e. The summed E-state index contributed by atoms with van der Waals surface area (Å²) in [5, 5.41) is 0. The Balaban J connectivity index is 3.45. The van der Waals surface area contributed by atoms with E-state index >= 15 is 0 Å². The minimum atomic E-state index is 0.0400. The van der Waals surface area contributed by atoms with E-state index in [0.717, 1.165) is 26.0 Å². The molecule has 0 aliphatic heterocycles. The third-order valence-electron chi connectivity index (χ3n) is 3.13. The summed E-state index contributed by atoms with van der Waals surface area (Å²) in [6, 6.07) is 0. The maximum Gasteiger partial charge on any atom is 0.456 e. The lowest BCUT2D eigenvalue weighted by Gasteiger charge is -2.14. The lowest BCUT2D eigenvalue weighted by atomic mass is 9.83. The Morgan fingerprint density at radius 1 is 0.611 bits per heavy atom. The normalized spacial score (nSPS) is 10.8. The summed E-state index contributed by atoms with van der Waals surface area (Å²) in [6.07, 6.45) is 12.3. The molecule has 0 unspecified atom stereocenters. The largest absolute Gasteiger partial charge is 0.456 e. The molecule has 0 saturated heterocycles. The van der Waals surface area contributed by atoms with Crippen LogP contribution < -0.4 is 0 Å². The molecule has 0 aromatic heterocycles. The zero-order chi connectivity index (χ0) is 13.5. The monoisotopic (exact) mass is 256 g/mol. The highest BCUT2D eigenvalue weighted by Gasteiger charge is 2.15. The molecule has 0 aliphatic carbocycles. The van der Waals surface area contributed by atoms with Gasteiger partial charge in [0.25, 0.3) is 0 Å². The Morgan fingerprint density at radius 2 is 1.11 bits per heavy atom. The fourth-order valence-corrected chi connectivity index (χ4v) is 1.94. The fourth-order valence-electron chi connectivity index (χ4n) is 1.94. The van der Waals surface area contributed by atoms with Crippen molar-refractivity contribution >= 4 is 7.12 Å². The van der Waals surface area contributed by atoms with E-state index in [-0.39, 0.29) is 7.12 Å². The first-order valence-corrected chi connectivity index (χ1v) is 8.08. The van der Waals surface area contributed by atoms with Gasteiger partial charge in [0.1, 0.15) is 0 Å². The van der Waals surface area contributed by atoms with Gasteiger partial charge in [-0.15, -0.1) is 0 Å². The first-order chi connectivity index (χ1) is 8.85. The molecule has 0 aromatic carbocycles. The van der Waals surface area contributed by atoms with Gasteiger partial charge >= 0.3 is 7.12 Å². The molecule has 3 heteroatoms. The standard InChI is InChI=1S/C15H33BO2/c1-4-7-9-11-14-17-16(13-6-3)18-15-12-10-8-5-2/h4-15H2,1-3H3. The molecule has 0 spiro atoms. The van der Waals surface area contributed by atoms with Gasteiger partial charge in [-0.3, -0.25) is 0 Å². The summed E-state index contributed by atoms with van der Waals surface area (Å²) in [5.41, 5.74) is 0. The molecule has 0 radical (unpaired) electrons. The summed E-state index contributed by atoms with van der Waals surface area (Å²) < 4.78 is 11.6. The van der Waals surface area contributed by atoms with Crippen molar-refractivity contribution < 1.29 is 9.31 Å². The third-order valence-corrected chi connectivity index (χ3v) is 3.13. The summed E-state index contributed by atoms with van der Waals surface area (Å²) in [4.78, 5) is 0. The molecule has 0 rings (SSSR count). The molecule has 0 fully saturated rings. The molecule has 0 aliphatic rings. The second-order valence-electron chi connectivity index (χ2n) is 5.08. The van der Waals surface area contributed by atoms with Gasteiger partial charge in [0.2, 0.25) is 0 Å². The number of hydrogen-bond donors (Lipinski definition) is 0. The molecule has 0 N–H and O–H groups in total. The van der Waals surface area contributed by atoms with Crippen LogP contribution in [0.2, 0.25) is 6.32 Å². The van der Waals surface area contributed by atoms with Crippen LogP contribution in [0.3, 0.4) is 0 Å². The molecule has 0 amide bonds. The smallest absolute Gasteiger partial charge is 0.411 e. The highest BCUT2D eigenvalue weighted by Crippen LogP contribution is 2.06. The Morgan fingerprint density at radius 3 is 1.50 bits per heavy atom. The van der Waals surface area contributed by atoms with Gasteiger partial charge in [0.05, 0.1) is 0 Å². The predicted octanol–water partition coefficient (Wildman–Crippen LogP) is 5.08. The molecular weight excluding hydrogens is 223 g/mol. The third kappa shape index (κ3) is 12.4. The first kappa shape index (κ1) is 18.0. The Labute approximate surface area is 115 Å². The van der Waals surface area contributed by atoms with Gasteiger partial charge in [0, 0.05) is 13.2 Å². The van der Waals surface area contributed by atoms with Crippen LogP contribution >= 0.6 is 0 Å². The minimum absolute atomic E-state index is 0.0400. The molecule has 0 aromatic rings. The van der Waals surface area contributed by atoms with E-state index in [2.05, 4.69) is 20.8 Å². The van der Waals surface area contributed by atoms with Gasteiger partial charge < -0.3 is 9.31 Å². The van der Waals surface area contributed by atoms with Crippen LogP contribution in [0.25, 0.3) is 0 Å². The Hall–Kier alpha value is -0.0151. The number of rotatable bonds is 14. The predicted molar refractivity (Wildman–Crippen MR) is 81.0 cm³/mol. The van der Waals surface area contributed by atoms with E-state index in [1.165, 1.54) is 51.4 Å². The van der Waals surface area contributed by atoms with Crippen LogP contribution in [0.5, 0.6) is 0 Å². The summed E-state index contributed by atoms with van der Waals surface area (Å²) >= 11 is 0. The van der Waals surface area contributed by atoms with E-state index in [1.54, 1.807) is 0 Å². The second-order valence-corrected chi connectivity index (χ2v) is 5.08. The topological polar surface area (TPSA) is 18.5 Å². The van der Waals surface area contributed by atoms with Gasteiger partial charge in [-0.2, -0.15) is 0 Å². The van der Waals surface area contributed by atoms with E-state index in [9.17, 15) is 0 Å². The van der Waals surface area contributed by atoms with Gasteiger partial charge in [-0.05, 0) is 19.2 Å². The zero-order valence-corrected chi connectivity index (χ0v) is 12.9. The summed E-state index contributed by atoms with van der Waals surface area (Å²) in [5.74, 6) is 0.